The van der Waals surface area contributed by atoms with E-state index in [1.165, 1.54) is 6.92 Å². The lowest BCUT2D eigenvalue weighted by atomic mass is 10.1. The maximum Gasteiger partial charge on any atom is 0.304 e. The molecule has 0 bridgehead atoms. The molecule has 0 radical (unpaired) electrons. The van der Waals surface area contributed by atoms with E-state index in [1.807, 2.05) is 6.07 Å². The maximum atomic E-state index is 10.8. The highest BCUT2D eigenvalue weighted by Crippen LogP contribution is 2.28. The fraction of sp³-hybridized carbons (Fsp3) is 0.800. The molecule has 0 amide bonds. The number of ether oxygens (including phenoxy) is 3. The van der Waals surface area contributed by atoms with E-state index in [2.05, 4.69) is 0 Å². The summed E-state index contributed by atoms with van der Waals surface area (Å²) in [7, 11) is 0. The van der Waals surface area contributed by atoms with Crippen molar-refractivity contribution >= 4 is 5.97 Å². The van der Waals surface area contributed by atoms with Gasteiger partial charge in [0.15, 0.2) is 5.79 Å². The molecular weight excluding hydrogens is 198 g/mol. The summed E-state index contributed by atoms with van der Waals surface area (Å²) in [6.45, 7) is 4.78. The van der Waals surface area contributed by atoms with Gasteiger partial charge in [-0.05, 0) is 13.8 Å². The fourth-order valence-corrected chi connectivity index (χ4v) is 1.54. The minimum absolute atomic E-state index is 0.247. The number of nitrogens with zero attached hydrogens (tertiary/aromatic N) is 1. The molecule has 0 spiro atoms. The van der Waals surface area contributed by atoms with Gasteiger partial charge in [0.1, 0.15) is 0 Å². The van der Waals surface area contributed by atoms with Crippen molar-refractivity contribution in [3.8, 4) is 6.07 Å². The minimum atomic E-state index is -0.820. The Labute approximate surface area is 88.9 Å². The van der Waals surface area contributed by atoms with Crippen molar-refractivity contribution < 1.29 is 19.0 Å². The molecular formula is C10H15NO4. The van der Waals surface area contributed by atoms with E-state index in [4.69, 9.17) is 19.5 Å². The van der Waals surface area contributed by atoms with Gasteiger partial charge in [0, 0.05) is 13.3 Å². The van der Waals surface area contributed by atoms with Crippen LogP contribution in [0.25, 0.3) is 0 Å². The van der Waals surface area contributed by atoms with Crippen molar-refractivity contribution in [2.45, 2.75) is 51.8 Å². The van der Waals surface area contributed by atoms with Crippen LogP contribution >= 0.6 is 0 Å². The molecule has 0 aromatic heterocycles. The Morgan fingerprint density at radius 3 is 2.80 bits per heavy atom. The van der Waals surface area contributed by atoms with Gasteiger partial charge in [0.25, 0.3) is 0 Å². The van der Waals surface area contributed by atoms with Gasteiger partial charge in [-0.25, -0.2) is 0 Å². The Hall–Kier alpha value is -1.12. The number of hydrogen-bond donors (Lipinski definition) is 0. The summed E-state index contributed by atoms with van der Waals surface area (Å²) in [5.41, 5.74) is 0. The van der Waals surface area contributed by atoms with Crippen molar-refractivity contribution in [1.82, 2.24) is 0 Å². The molecule has 0 aliphatic carbocycles. The third-order valence-corrected chi connectivity index (χ3v) is 1.94. The zero-order valence-corrected chi connectivity index (χ0v) is 9.15. The predicted molar refractivity (Wildman–Crippen MR) is 50.4 cm³/mol. The average molecular weight is 213 g/mol. The molecule has 1 aliphatic rings. The SMILES string of the molecule is CC(=O)O[C@@H]1C[C@@H](CC#N)OC(C)(C)O1. The first-order valence-electron chi connectivity index (χ1n) is 4.83. The summed E-state index contributed by atoms with van der Waals surface area (Å²) in [6.07, 6.45) is -0.200. The number of nitriles is 1. The zero-order valence-electron chi connectivity index (χ0n) is 9.15. The second-order valence-electron chi connectivity index (χ2n) is 3.89. The Bertz CT molecular complexity index is 282. The average Bonchev–Trinajstić information content (AvgIpc) is 1.99. The third kappa shape index (κ3) is 3.86. The van der Waals surface area contributed by atoms with E-state index in [9.17, 15) is 4.79 Å². The molecule has 0 aromatic rings. The highest BCUT2D eigenvalue weighted by atomic mass is 16.8. The lowest BCUT2D eigenvalue weighted by Crippen LogP contribution is -2.45. The van der Waals surface area contributed by atoms with Crippen LogP contribution in [0.1, 0.15) is 33.6 Å². The summed E-state index contributed by atoms with van der Waals surface area (Å²) < 4.78 is 15.8. The first kappa shape index (κ1) is 12.0. The van der Waals surface area contributed by atoms with Crippen molar-refractivity contribution in [3.63, 3.8) is 0 Å². The molecule has 1 aliphatic heterocycles. The number of esters is 1. The molecule has 1 rings (SSSR count). The molecule has 0 aromatic carbocycles. The van der Waals surface area contributed by atoms with Gasteiger partial charge in [-0.15, -0.1) is 0 Å². The van der Waals surface area contributed by atoms with Crippen molar-refractivity contribution in [2.75, 3.05) is 0 Å². The summed E-state index contributed by atoms with van der Waals surface area (Å²) in [5.74, 6) is -1.21. The number of carbonyl (C=O) groups is 1. The van der Waals surface area contributed by atoms with Gasteiger partial charge in [-0.1, -0.05) is 0 Å². The Balaban J connectivity index is 2.60. The fourth-order valence-electron chi connectivity index (χ4n) is 1.54. The zero-order chi connectivity index (χ0) is 11.5. The first-order valence-corrected chi connectivity index (χ1v) is 4.83. The van der Waals surface area contributed by atoms with E-state index in [-0.39, 0.29) is 12.5 Å². The highest BCUT2D eigenvalue weighted by Gasteiger charge is 2.36. The van der Waals surface area contributed by atoms with Gasteiger partial charge in [0.05, 0.1) is 18.6 Å². The van der Waals surface area contributed by atoms with Gasteiger partial charge in [-0.3, -0.25) is 4.79 Å². The second kappa shape index (κ2) is 4.60. The first-order chi connectivity index (χ1) is 6.93. The van der Waals surface area contributed by atoms with Crippen LogP contribution in [0.2, 0.25) is 0 Å². The molecule has 15 heavy (non-hydrogen) atoms. The second-order valence-corrected chi connectivity index (χ2v) is 3.89. The predicted octanol–water partition coefficient (Wildman–Crippen LogP) is 1.33. The Morgan fingerprint density at radius 1 is 1.60 bits per heavy atom. The van der Waals surface area contributed by atoms with Crippen LogP contribution in [-0.2, 0) is 19.0 Å². The number of hydrogen-bond acceptors (Lipinski definition) is 5. The van der Waals surface area contributed by atoms with Crippen LogP contribution in [0.4, 0.5) is 0 Å². The highest BCUT2D eigenvalue weighted by molar-refractivity contribution is 5.66. The van der Waals surface area contributed by atoms with E-state index in [1.54, 1.807) is 13.8 Å². The molecule has 0 saturated carbocycles. The molecule has 1 heterocycles. The Kier molecular flexibility index (Phi) is 3.66. The van der Waals surface area contributed by atoms with Gasteiger partial charge >= 0.3 is 5.97 Å². The topological polar surface area (TPSA) is 68.6 Å². The standard InChI is InChI=1S/C10H15NO4/c1-7(12)13-9-6-8(4-5-11)14-10(2,3)15-9/h8-9H,4,6H2,1-3H3/t8-,9+/m1/s1. The maximum absolute atomic E-state index is 10.8. The summed E-state index contributed by atoms with van der Waals surface area (Å²) in [5, 5.41) is 8.58. The van der Waals surface area contributed by atoms with Gasteiger partial charge < -0.3 is 14.2 Å². The number of rotatable bonds is 2. The minimum Gasteiger partial charge on any atom is -0.436 e. The molecule has 5 nitrogen and oxygen atoms in total. The van der Waals surface area contributed by atoms with Crippen LogP contribution < -0.4 is 0 Å². The molecule has 0 N–H and O–H groups in total. The largest absolute Gasteiger partial charge is 0.436 e. The van der Waals surface area contributed by atoms with Crippen molar-refractivity contribution in [3.05, 3.63) is 0 Å². The molecule has 0 unspecified atom stereocenters. The molecule has 1 saturated heterocycles. The van der Waals surface area contributed by atoms with E-state index in [0.29, 0.717) is 6.42 Å². The summed E-state index contributed by atoms with van der Waals surface area (Å²) in [4.78, 5) is 10.8. The van der Waals surface area contributed by atoms with Gasteiger partial charge in [0.2, 0.25) is 6.29 Å². The summed E-state index contributed by atoms with van der Waals surface area (Å²) in [6, 6.07) is 2.03. The molecule has 84 valence electrons. The smallest absolute Gasteiger partial charge is 0.304 e. The third-order valence-electron chi connectivity index (χ3n) is 1.94. The van der Waals surface area contributed by atoms with Crippen LogP contribution in [-0.4, -0.2) is 24.2 Å². The van der Waals surface area contributed by atoms with E-state index < -0.39 is 18.0 Å². The van der Waals surface area contributed by atoms with Crippen molar-refractivity contribution in [2.24, 2.45) is 0 Å². The normalized spacial score (nSPS) is 29.2. The molecule has 2 atom stereocenters. The molecule has 5 heteroatoms. The Morgan fingerprint density at radius 2 is 2.27 bits per heavy atom. The van der Waals surface area contributed by atoms with Crippen LogP contribution in [0.5, 0.6) is 0 Å². The van der Waals surface area contributed by atoms with E-state index >= 15 is 0 Å². The quantitative estimate of drug-likeness (QED) is 0.647. The monoisotopic (exact) mass is 213 g/mol. The van der Waals surface area contributed by atoms with Crippen LogP contribution in [0.15, 0.2) is 0 Å². The van der Waals surface area contributed by atoms with Crippen LogP contribution in [0.3, 0.4) is 0 Å². The number of carbonyl (C=O) groups excluding carboxylic acids is 1. The lowest BCUT2D eigenvalue weighted by Gasteiger charge is -2.39. The van der Waals surface area contributed by atoms with Gasteiger partial charge in [-0.2, -0.15) is 5.26 Å². The van der Waals surface area contributed by atoms with Crippen molar-refractivity contribution in [1.29, 1.82) is 5.26 Å². The lowest BCUT2D eigenvalue weighted by molar-refractivity contribution is -0.341. The van der Waals surface area contributed by atoms with E-state index in [0.717, 1.165) is 0 Å². The molecule has 1 fully saturated rings. The summed E-state index contributed by atoms with van der Waals surface area (Å²) >= 11 is 0. The van der Waals surface area contributed by atoms with Crippen LogP contribution in [0, 0.1) is 11.3 Å².